The molecule has 1 aliphatic heterocycles. The van der Waals surface area contributed by atoms with E-state index in [-0.39, 0.29) is 12.1 Å². The number of imidazole rings is 1. The van der Waals surface area contributed by atoms with Gasteiger partial charge in [-0.05, 0) is 63.8 Å². The fourth-order valence-electron chi connectivity index (χ4n) is 4.07. The predicted octanol–water partition coefficient (Wildman–Crippen LogP) is 5.20. The van der Waals surface area contributed by atoms with Crippen LogP contribution in [0.3, 0.4) is 0 Å². The second-order valence-corrected chi connectivity index (χ2v) is 9.35. The fourth-order valence-corrected chi connectivity index (χ4v) is 4.07. The van der Waals surface area contributed by atoms with Crippen LogP contribution in [0.15, 0.2) is 48.5 Å². The van der Waals surface area contributed by atoms with Gasteiger partial charge in [-0.15, -0.1) is 0 Å². The lowest BCUT2D eigenvalue weighted by atomic mass is 10.1. The third-order valence-electron chi connectivity index (χ3n) is 5.65. The molecule has 1 saturated heterocycles. The van der Waals surface area contributed by atoms with Crippen molar-refractivity contribution in [3.63, 3.8) is 0 Å². The molecule has 0 spiro atoms. The van der Waals surface area contributed by atoms with E-state index in [9.17, 15) is 4.79 Å². The van der Waals surface area contributed by atoms with Gasteiger partial charge in [0.1, 0.15) is 5.60 Å². The van der Waals surface area contributed by atoms with Crippen molar-refractivity contribution in [2.45, 2.75) is 58.7 Å². The van der Waals surface area contributed by atoms with Crippen LogP contribution in [0.5, 0.6) is 0 Å². The molecular weight excluding hydrogens is 388 g/mol. The van der Waals surface area contributed by atoms with Gasteiger partial charge < -0.3 is 19.5 Å². The lowest BCUT2D eigenvalue weighted by molar-refractivity contribution is 0.0206. The van der Waals surface area contributed by atoms with Gasteiger partial charge in [-0.3, -0.25) is 0 Å². The summed E-state index contributed by atoms with van der Waals surface area (Å²) >= 11 is 0. The minimum Gasteiger partial charge on any atom is -0.444 e. The topological polar surface area (TPSA) is 59.4 Å². The van der Waals surface area contributed by atoms with Crippen LogP contribution in [0.4, 0.5) is 10.7 Å². The van der Waals surface area contributed by atoms with Crippen molar-refractivity contribution in [2.75, 3.05) is 18.4 Å². The Balaban J connectivity index is 1.57. The summed E-state index contributed by atoms with van der Waals surface area (Å²) in [5, 5.41) is 3.63. The molecule has 6 nitrogen and oxygen atoms in total. The summed E-state index contributed by atoms with van der Waals surface area (Å²) in [6.07, 6.45) is 1.69. The molecule has 1 aliphatic rings. The average Bonchev–Trinajstić information content (AvgIpc) is 3.06. The van der Waals surface area contributed by atoms with Gasteiger partial charge in [0.2, 0.25) is 5.95 Å². The number of amides is 1. The molecule has 2 heterocycles. The van der Waals surface area contributed by atoms with Crippen LogP contribution >= 0.6 is 0 Å². The Morgan fingerprint density at radius 1 is 1.16 bits per heavy atom. The smallest absolute Gasteiger partial charge is 0.410 e. The Morgan fingerprint density at radius 3 is 2.68 bits per heavy atom. The summed E-state index contributed by atoms with van der Waals surface area (Å²) in [7, 11) is 0. The first kappa shape index (κ1) is 21.2. The number of carbonyl (C=O) groups is 1. The number of nitrogens with one attached hydrogen (secondary N) is 1. The number of hydrogen-bond acceptors (Lipinski definition) is 4. The van der Waals surface area contributed by atoms with E-state index in [1.54, 1.807) is 4.90 Å². The standard InChI is InChI=1S/C25H32N4O2/c1-18-10-5-6-11-19(18)16-29-22-14-8-7-13-21(22)27-23(29)26-20-12-9-15-28(17-20)24(30)31-25(2,3)4/h5-8,10-11,13-14,20H,9,12,15-17H2,1-4H3,(H,26,27)/t20-/m0/s1. The van der Waals surface area contributed by atoms with Gasteiger partial charge in [-0.2, -0.15) is 0 Å². The van der Waals surface area contributed by atoms with Crippen molar-refractivity contribution in [3.05, 3.63) is 59.7 Å². The quantitative estimate of drug-likeness (QED) is 0.630. The van der Waals surface area contributed by atoms with Crippen LogP contribution in [-0.2, 0) is 11.3 Å². The van der Waals surface area contributed by atoms with E-state index in [0.29, 0.717) is 6.54 Å². The monoisotopic (exact) mass is 420 g/mol. The first-order chi connectivity index (χ1) is 14.8. The summed E-state index contributed by atoms with van der Waals surface area (Å²) in [5.41, 5.74) is 4.12. The van der Waals surface area contributed by atoms with E-state index in [2.05, 4.69) is 47.1 Å². The number of likely N-dealkylation sites (tertiary alicyclic amines) is 1. The first-order valence-corrected chi connectivity index (χ1v) is 11.0. The highest BCUT2D eigenvalue weighted by Crippen LogP contribution is 2.25. The molecule has 0 radical (unpaired) electrons. The molecule has 164 valence electrons. The van der Waals surface area contributed by atoms with E-state index in [0.717, 1.165) is 42.9 Å². The maximum Gasteiger partial charge on any atom is 0.410 e. The Morgan fingerprint density at radius 2 is 1.90 bits per heavy atom. The normalized spacial score (nSPS) is 17.0. The first-order valence-electron chi connectivity index (χ1n) is 11.0. The zero-order chi connectivity index (χ0) is 22.0. The van der Waals surface area contributed by atoms with Crippen LogP contribution in [0.25, 0.3) is 11.0 Å². The lowest BCUT2D eigenvalue weighted by Crippen LogP contribution is -2.47. The van der Waals surface area contributed by atoms with E-state index in [1.807, 2.05) is 39.0 Å². The molecule has 1 fully saturated rings. The second-order valence-electron chi connectivity index (χ2n) is 9.35. The highest BCUT2D eigenvalue weighted by atomic mass is 16.6. The van der Waals surface area contributed by atoms with E-state index < -0.39 is 5.60 Å². The molecule has 1 N–H and O–H groups in total. The predicted molar refractivity (Wildman–Crippen MR) is 124 cm³/mol. The Bertz CT molecular complexity index is 1070. The van der Waals surface area contributed by atoms with Gasteiger partial charge in [0.25, 0.3) is 0 Å². The molecule has 31 heavy (non-hydrogen) atoms. The molecule has 0 unspecified atom stereocenters. The molecule has 1 aromatic heterocycles. The van der Waals surface area contributed by atoms with Crippen LogP contribution in [0.1, 0.15) is 44.7 Å². The van der Waals surface area contributed by atoms with E-state index in [4.69, 9.17) is 9.72 Å². The van der Waals surface area contributed by atoms with Crippen LogP contribution in [-0.4, -0.2) is 45.3 Å². The molecule has 0 aliphatic carbocycles. The van der Waals surface area contributed by atoms with Crippen molar-refractivity contribution >= 4 is 23.1 Å². The van der Waals surface area contributed by atoms with Gasteiger partial charge in [-0.1, -0.05) is 36.4 Å². The number of ether oxygens (including phenoxy) is 1. The van der Waals surface area contributed by atoms with Gasteiger partial charge in [-0.25, -0.2) is 9.78 Å². The van der Waals surface area contributed by atoms with Gasteiger partial charge >= 0.3 is 6.09 Å². The van der Waals surface area contributed by atoms with Crippen molar-refractivity contribution in [3.8, 4) is 0 Å². The molecule has 1 amide bonds. The maximum atomic E-state index is 12.6. The van der Waals surface area contributed by atoms with Crippen molar-refractivity contribution in [1.82, 2.24) is 14.5 Å². The minimum atomic E-state index is -0.487. The van der Waals surface area contributed by atoms with Crippen molar-refractivity contribution in [2.24, 2.45) is 0 Å². The third kappa shape index (κ3) is 5.01. The number of piperidine rings is 1. The lowest BCUT2D eigenvalue weighted by Gasteiger charge is -2.34. The number of nitrogens with zero attached hydrogens (tertiary/aromatic N) is 3. The summed E-state index contributed by atoms with van der Waals surface area (Å²) in [6, 6.07) is 16.8. The summed E-state index contributed by atoms with van der Waals surface area (Å²) in [5.74, 6) is 0.848. The molecule has 6 heteroatoms. The second kappa shape index (κ2) is 8.61. The Kier molecular flexibility index (Phi) is 5.90. The number of fused-ring (bicyclic) bond motifs is 1. The van der Waals surface area contributed by atoms with Gasteiger partial charge in [0, 0.05) is 19.1 Å². The largest absolute Gasteiger partial charge is 0.444 e. The number of aryl methyl sites for hydroxylation is 1. The zero-order valence-electron chi connectivity index (χ0n) is 18.9. The third-order valence-corrected chi connectivity index (χ3v) is 5.65. The summed E-state index contributed by atoms with van der Waals surface area (Å²) in [4.78, 5) is 19.2. The number of benzene rings is 2. The van der Waals surface area contributed by atoms with Gasteiger partial charge in [0.15, 0.2) is 0 Å². The molecule has 4 rings (SSSR count). The maximum absolute atomic E-state index is 12.6. The zero-order valence-corrected chi connectivity index (χ0v) is 18.9. The molecule has 3 aromatic rings. The average molecular weight is 421 g/mol. The SMILES string of the molecule is Cc1ccccc1Cn1c(N[C@H]2CCCN(C(=O)OC(C)(C)C)C2)nc2ccccc21. The Labute approximate surface area is 184 Å². The Hall–Kier alpha value is -3.02. The number of para-hydroxylation sites is 2. The van der Waals surface area contributed by atoms with E-state index in [1.165, 1.54) is 11.1 Å². The molecular formula is C25H32N4O2. The molecule has 0 saturated carbocycles. The van der Waals surface area contributed by atoms with Crippen LogP contribution in [0, 0.1) is 6.92 Å². The van der Waals surface area contributed by atoms with Crippen LogP contribution in [0.2, 0.25) is 0 Å². The number of carbonyl (C=O) groups excluding carboxylic acids is 1. The molecule has 1 atom stereocenters. The highest BCUT2D eigenvalue weighted by molar-refractivity contribution is 5.79. The van der Waals surface area contributed by atoms with E-state index >= 15 is 0 Å². The number of rotatable bonds is 4. The number of hydrogen-bond donors (Lipinski definition) is 1. The summed E-state index contributed by atoms with van der Waals surface area (Å²) < 4.78 is 7.82. The number of aromatic nitrogens is 2. The van der Waals surface area contributed by atoms with Crippen molar-refractivity contribution in [1.29, 1.82) is 0 Å². The summed E-state index contributed by atoms with van der Waals surface area (Å²) in [6.45, 7) is 9.93. The minimum absolute atomic E-state index is 0.133. The van der Waals surface area contributed by atoms with Crippen molar-refractivity contribution < 1.29 is 9.53 Å². The number of anilines is 1. The fraction of sp³-hybridized carbons (Fsp3) is 0.440. The van der Waals surface area contributed by atoms with Gasteiger partial charge in [0.05, 0.1) is 17.6 Å². The molecule has 2 aromatic carbocycles. The highest BCUT2D eigenvalue weighted by Gasteiger charge is 2.28. The van der Waals surface area contributed by atoms with Crippen LogP contribution < -0.4 is 5.32 Å². The molecule has 0 bridgehead atoms.